The minimum Gasteiger partial charge on any atom is -0.0776 e. The lowest BCUT2D eigenvalue weighted by molar-refractivity contribution is 0.572. The fraction of sp³-hybridized carbons (Fsp3) is 1.00. The van der Waals surface area contributed by atoms with E-state index in [4.69, 9.17) is 0 Å². The van der Waals surface area contributed by atoms with Crippen LogP contribution in [0, 0.1) is 0 Å². The van der Waals surface area contributed by atoms with E-state index in [9.17, 15) is 0 Å². The highest BCUT2D eigenvalue weighted by atomic mass is 13.9. The average molecular weight is 445 g/mol. The molecule has 0 aromatic rings. The molecule has 0 bridgehead atoms. The van der Waals surface area contributed by atoms with Gasteiger partial charge in [-0.2, -0.15) is 0 Å². The molecule has 0 amide bonds. The molecule has 0 nitrogen and oxygen atoms in total. The van der Waals surface area contributed by atoms with Crippen LogP contribution in [0.1, 0.15) is 205 Å². The molecule has 0 aromatic carbocycles. The predicted octanol–water partition coefficient (Wildman–Crippen LogP) is 16.0. The van der Waals surface area contributed by atoms with Gasteiger partial charge in [-0.15, -0.1) is 0 Å². The van der Waals surface area contributed by atoms with Crippen LogP contribution in [0.25, 0.3) is 0 Å². The second-order valence-electron chi connectivity index (χ2n) is 3.47. The van der Waals surface area contributed by atoms with Crippen LogP contribution < -0.4 is 0 Å². The minimum atomic E-state index is 0. The Morgan fingerprint density at radius 3 is 0.414 bits per heavy atom. The normalized spacial score (nSPS) is 3.93. The van der Waals surface area contributed by atoms with Gasteiger partial charge in [0, 0.05) is 0 Å². The van der Waals surface area contributed by atoms with Gasteiger partial charge < -0.3 is 0 Å². The van der Waals surface area contributed by atoms with Crippen molar-refractivity contribution in [2.45, 2.75) is 205 Å². The molecule has 0 saturated heterocycles. The summed E-state index contributed by atoms with van der Waals surface area (Å²) in [6.45, 7) is 4.55. The quantitative estimate of drug-likeness (QED) is 0.326. The summed E-state index contributed by atoms with van der Waals surface area (Å²) in [5, 5.41) is 0. The molecule has 212 valence electrons. The Labute approximate surface area is 205 Å². The van der Waals surface area contributed by atoms with Gasteiger partial charge in [0.2, 0.25) is 0 Å². The third-order valence-electron chi connectivity index (χ3n) is 2.21. The van der Waals surface area contributed by atoms with Crippen molar-refractivity contribution in [2.75, 3.05) is 0 Å². The zero-order valence-corrected chi connectivity index (χ0v) is 8.36. The summed E-state index contributed by atoms with van der Waals surface area (Å²) < 4.78 is 0. The first kappa shape index (κ1) is 227. The van der Waals surface area contributed by atoms with Crippen LogP contribution in [-0.4, -0.2) is 0 Å². The molecular formula is C29H96. The molecule has 0 aliphatic heterocycles. The molecule has 0 aromatic heterocycles. The Balaban J connectivity index is -0.00000000327. The molecule has 0 spiro atoms. The van der Waals surface area contributed by atoms with Crippen molar-refractivity contribution in [3.63, 3.8) is 0 Å². The molecule has 0 atom stereocenters. The summed E-state index contributed by atoms with van der Waals surface area (Å²) in [5.41, 5.74) is 0. The highest BCUT2D eigenvalue weighted by Gasteiger charge is 1.88. The Morgan fingerprint density at radius 2 is 0.310 bits per heavy atom. The Morgan fingerprint density at radius 1 is 0.207 bits per heavy atom. The van der Waals surface area contributed by atoms with E-state index in [0.717, 1.165) is 0 Å². The monoisotopic (exact) mass is 445 g/mol. The van der Waals surface area contributed by atoms with Crippen molar-refractivity contribution >= 4 is 0 Å². The third-order valence-corrected chi connectivity index (χ3v) is 2.21. The fourth-order valence-corrected chi connectivity index (χ4v) is 1.38. The lowest BCUT2D eigenvalue weighted by atomic mass is 10.1. The second-order valence-corrected chi connectivity index (χ2v) is 3.47. The van der Waals surface area contributed by atoms with Crippen molar-refractivity contribution in [3.05, 3.63) is 0 Å². The van der Waals surface area contributed by atoms with Gasteiger partial charge in [-0.1, -0.05) is 205 Å². The van der Waals surface area contributed by atoms with Crippen LogP contribution in [0.4, 0.5) is 0 Å². The molecule has 0 N–H and O–H groups in total. The van der Waals surface area contributed by atoms with Crippen LogP contribution in [0.2, 0.25) is 0 Å². The Bertz CT molecular complexity index is 49.1. The maximum atomic E-state index is 2.27. The molecule has 0 unspecified atom stereocenters. The molecule has 0 fully saturated rings. The van der Waals surface area contributed by atoms with Crippen LogP contribution >= 0.6 is 0 Å². The summed E-state index contributed by atoms with van der Waals surface area (Å²) in [6, 6.07) is 0. The number of rotatable bonds is 8. The molecule has 0 saturated carbocycles. The minimum absolute atomic E-state index is 0. The number of hydrogen-bond acceptors (Lipinski definition) is 0. The third kappa shape index (κ3) is 296. The van der Waals surface area contributed by atoms with E-state index in [0.29, 0.717) is 0 Å². The first-order valence-electron chi connectivity index (χ1n) is 5.41. The maximum Gasteiger partial charge on any atom is -0.0533 e. The lowest BCUT2D eigenvalue weighted by Gasteiger charge is -1.98. The van der Waals surface area contributed by atoms with E-state index < -0.39 is 0 Å². The second kappa shape index (κ2) is 252. The highest BCUT2D eigenvalue weighted by molar-refractivity contribution is 4.44. The first-order valence-corrected chi connectivity index (χ1v) is 5.41. The van der Waals surface area contributed by atoms with Gasteiger partial charge >= 0.3 is 0 Å². The van der Waals surface area contributed by atoms with E-state index in [-0.39, 0.29) is 134 Å². The fourth-order valence-electron chi connectivity index (χ4n) is 1.38. The van der Waals surface area contributed by atoms with Gasteiger partial charge in [0.05, 0.1) is 0 Å². The molecule has 29 heavy (non-hydrogen) atoms. The summed E-state index contributed by atoms with van der Waals surface area (Å²) in [4.78, 5) is 0. The Hall–Kier alpha value is 0. The molecule has 0 aliphatic rings. The van der Waals surface area contributed by atoms with Gasteiger partial charge in [0.1, 0.15) is 0 Å². The van der Waals surface area contributed by atoms with Crippen molar-refractivity contribution in [3.8, 4) is 0 Å². The molecule has 0 aliphatic carbocycles. The molecule has 0 heterocycles. The summed E-state index contributed by atoms with van der Waals surface area (Å²) in [6.07, 6.45) is 13.0. The molecule has 0 heteroatoms. The Kier molecular flexibility index (Phi) is 1980. The zero-order valence-electron chi connectivity index (χ0n) is 8.36. The van der Waals surface area contributed by atoms with Crippen LogP contribution in [-0.2, 0) is 0 Å². The number of unbranched alkanes of at least 4 members (excludes halogenated alkanes) is 8. The smallest absolute Gasteiger partial charge is 0.0533 e. The van der Waals surface area contributed by atoms with Gasteiger partial charge in [-0.3, -0.25) is 0 Å². The summed E-state index contributed by atoms with van der Waals surface area (Å²) in [7, 11) is 0. The first-order chi connectivity index (χ1) is 5.41. The van der Waals surface area contributed by atoms with Gasteiger partial charge in [0.25, 0.3) is 0 Å². The predicted molar refractivity (Wildman–Crippen MR) is 174 cm³/mol. The van der Waals surface area contributed by atoms with E-state index in [1.54, 1.807) is 0 Å². The van der Waals surface area contributed by atoms with E-state index in [1.165, 1.54) is 57.8 Å². The van der Waals surface area contributed by atoms with Crippen molar-refractivity contribution in [1.82, 2.24) is 0 Å². The van der Waals surface area contributed by atoms with Gasteiger partial charge in [0.15, 0.2) is 0 Å². The largest absolute Gasteiger partial charge is 0.0776 e. The van der Waals surface area contributed by atoms with Crippen molar-refractivity contribution in [1.29, 1.82) is 0 Å². The van der Waals surface area contributed by atoms with E-state index in [2.05, 4.69) is 13.8 Å². The summed E-state index contributed by atoms with van der Waals surface area (Å²) in [5.74, 6) is 0. The summed E-state index contributed by atoms with van der Waals surface area (Å²) >= 11 is 0. The van der Waals surface area contributed by atoms with Gasteiger partial charge in [-0.05, 0) is 0 Å². The van der Waals surface area contributed by atoms with Crippen molar-refractivity contribution < 1.29 is 0 Å². The molecule has 0 radical (unpaired) electrons. The maximum absolute atomic E-state index is 2.27. The van der Waals surface area contributed by atoms with Gasteiger partial charge in [-0.25, -0.2) is 0 Å². The SMILES string of the molecule is C.C.C.C.C.C.C.C.C.C.C.C.C.C.C.C.C.C.CCCCCCCCCCC. The molecular weight excluding hydrogens is 348 g/mol. The molecule has 0 rings (SSSR count). The van der Waals surface area contributed by atoms with E-state index in [1.807, 2.05) is 0 Å². The number of hydrogen-bond donors (Lipinski definition) is 0. The van der Waals surface area contributed by atoms with Crippen LogP contribution in [0.3, 0.4) is 0 Å². The standard InChI is InChI=1S/C11H24.18CH4/c1-3-5-7-9-11-10-8-6-4-2;;;;;;;;;;;;;;;;;;/h3-11H2,1-2H3;18*1H4. The van der Waals surface area contributed by atoms with E-state index >= 15 is 0 Å². The average Bonchev–Trinajstić information content (AvgIpc) is 2.03. The van der Waals surface area contributed by atoms with Crippen LogP contribution in [0.15, 0.2) is 0 Å². The van der Waals surface area contributed by atoms with Crippen molar-refractivity contribution in [2.24, 2.45) is 0 Å². The zero-order chi connectivity index (χ0) is 8.36. The lowest BCUT2D eigenvalue weighted by Crippen LogP contribution is -1.79. The topological polar surface area (TPSA) is 0 Å². The highest BCUT2D eigenvalue weighted by Crippen LogP contribution is 2.08. The van der Waals surface area contributed by atoms with Crippen LogP contribution in [0.5, 0.6) is 0 Å².